The van der Waals surface area contributed by atoms with Gasteiger partial charge in [0.1, 0.15) is 11.5 Å². The van der Waals surface area contributed by atoms with E-state index in [-0.39, 0.29) is 0 Å². The number of methoxy groups -OCH3 is 1. The molecule has 2 heterocycles. The average molecular weight is 454 g/mol. The van der Waals surface area contributed by atoms with Crippen LogP contribution < -0.4 is 10.1 Å². The van der Waals surface area contributed by atoms with Crippen molar-refractivity contribution in [3.63, 3.8) is 0 Å². The molecule has 7 nitrogen and oxygen atoms in total. The van der Waals surface area contributed by atoms with Crippen LogP contribution in [0.25, 0.3) is 22.6 Å². The molecular weight excluding hydrogens is 432 g/mol. The van der Waals surface area contributed by atoms with Gasteiger partial charge in [-0.25, -0.2) is 9.78 Å². The number of nitrogens with zero attached hydrogens (tertiary/aromatic N) is 1. The number of furan rings is 1. The summed E-state index contributed by atoms with van der Waals surface area (Å²) in [5, 5.41) is 3.43. The van der Waals surface area contributed by atoms with Gasteiger partial charge in [0.25, 0.3) is 5.91 Å². The Morgan fingerprint density at radius 1 is 1.06 bits per heavy atom. The van der Waals surface area contributed by atoms with E-state index in [0.717, 1.165) is 29.0 Å². The molecule has 1 aliphatic carbocycles. The minimum Gasteiger partial charge on any atom is -0.497 e. The second-order valence-electron chi connectivity index (χ2n) is 7.87. The quantitative estimate of drug-likeness (QED) is 0.407. The van der Waals surface area contributed by atoms with Crippen molar-refractivity contribution in [3.05, 3.63) is 89.5 Å². The van der Waals surface area contributed by atoms with Gasteiger partial charge in [0.05, 0.1) is 30.1 Å². The number of esters is 1. The molecule has 1 N–H and O–H groups in total. The third-order valence-corrected chi connectivity index (χ3v) is 5.71. The first kappa shape index (κ1) is 21.5. The number of carbonyl (C=O) groups is 2. The summed E-state index contributed by atoms with van der Waals surface area (Å²) in [6.45, 7) is -0.397. The number of pyridine rings is 1. The van der Waals surface area contributed by atoms with E-state index < -0.39 is 18.5 Å². The fraction of sp³-hybridized carbons (Fsp3) is 0.148. The summed E-state index contributed by atoms with van der Waals surface area (Å²) in [5.74, 6) is 0.450. The number of amides is 1. The largest absolute Gasteiger partial charge is 0.497 e. The van der Waals surface area contributed by atoms with Crippen molar-refractivity contribution in [2.24, 2.45) is 0 Å². The molecule has 5 rings (SSSR count). The summed E-state index contributed by atoms with van der Waals surface area (Å²) in [4.78, 5) is 30.4. The van der Waals surface area contributed by atoms with E-state index in [9.17, 15) is 9.59 Å². The van der Waals surface area contributed by atoms with Gasteiger partial charge >= 0.3 is 5.97 Å². The number of nitrogens with one attached hydrogen (secondary N) is 1. The molecule has 0 fully saturated rings. The van der Waals surface area contributed by atoms with Gasteiger partial charge in [-0.2, -0.15) is 0 Å². The van der Waals surface area contributed by atoms with Crippen molar-refractivity contribution in [1.82, 2.24) is 4.98 Å². The maximum atomic E-state index is 13.2. The third-order valence-electron chi connectivity index (χ3n) is 5.71. The molecule has 1 aliphatic rings. The highest BCUT2D eigenvalue weighted by Gasteiger charge is 2.28. The Morgan fingerprint density at radius 2 is 1.88 bits per heavy atom. The number of rotatable bonds is 6. The lowest BCUT2D eigenvalue weighted by Crippen LogP contribution is -2.21. The van der Waals surface area contributed by atoms with E-state index in [1.165, 1.54) is 0 Å². The molecule has 2 aromatic carbocycles. The normalized spacial score (nSPS) is 13.6. The number of fused-ring (bicyclic) bond motifs is 2. The summed E-state index contributed by atoms with van der Waals surface area (Å²) < 4.78 is 16.0. The van der Waals surface area contributed by atoms with Crippen LogP contribution in [-0.4, -0.2) is 30.6 Å². The zero-order valence-electron chi connectivity index (χ0n) is 18.5. The number of carbonyl (C=O) groups excluding carboxylic acids is 2. The van der Waals surface area contributed by atoms with Crippen LogP contribution in [0.2, 0.25) is 0 Å². The first-order chi connectivity index (χ1) is 16.6. The van der Waals surface area contributed by atoms with E-state index in [1.807, 2.05) is 42.5 Å². The van der Waals surface area contributed by atoms with Gasteiger partial charge in [-0.3, -0.25) is 4.79 Å². The fourth-order valence-electron chi connectivity index (χ4n) is 4.13. The monoisotopic (exact) mass is 454 g/mol. The summed E-state index contributed by atoms with van der Waals surface area (Å²) in [6, 6.07) is 18.1. The van der Waals surface area contributed by atoms with Gasteiger partial charge in [0.15, 0.2) is 6.61 Å². The highest BCUT2D eigenvalue weighted by atomic mass is 16.5. The zero-order valence-corrected chi connectivity index (χ0v) is 18.5. The number of hydrogen-bond acceptors (Lipinski definition) is 6. The highest BCUT2D eigenvalue weighted by Crippen LogP contribution is 2.37. The molecule has 7 heteroatoms. The van der Waals surface area contributed by atoms with Gasteiger partial charge in [-0.1, -0.05) is 18.2 Å². The fourth-order valence-corrected chi connectivity index (χ4v) is 4.13. The SMILES string of the molecule is COc1ccc(NC(=O)COC(=O)c2c3c(nc4ccccc24)C(=Cc2ccco2)CC3)cc1. The number of aromatic nitrogens is 1. The third kappa shape index (κ3) is 4.28. The van der Waals surface area contributed by atoms with E-state index in [2.05, 4.69) is 5.32 Å². The zero-order chi connectivity index (χ0) is 23.5. The first-order valence-corrected chi connectivity index (χ1v) is 10.9. The summed E-state index contributed by atoms with van der Waals surface area (Å²) in [6.07, 6.45) is 4.96. The number of hydrogen-bond donors (Lipinski definition) is 1. The lowest BCUT2D eigenvalue weighted by atomic mass is 10.0. The number of allylic oxidation sites excluding steroid dienone is 1. The van der Waals surface area contributed by atoms with Crippen LogP contribution in [0.4, 0.5) is 5.69 Å². The van der Waals surface area contributed by atoms with Crippen LogP contribution in [0.3, 0.4) is 0 Å². The number of anilines is 1. The number of ether oxygens (including phenoxy) is 2. The summed E-state index contributed by atoms with van der Waals surface area (Å²) in [5.41, 5.74) is 4.34. The van der Waals surface area contributed by atoms with Crippen molar-refractivity contribution < 1.29 is 23.5 Å². The molecule has 170 valence electrons. The topological polar surface area (TPSA) is 90.7 Å². The van der Waals surface area contributed by atoms with Gasteiger partial charge < -0.3 is 19.2 Å². The van der Waals surface area contributed by atoms with Crippen molar-refractivity contribution in [2.75, 3.05) is 19.0 Å². The molecule has 0 saturated carbocycles. The Labute approximate surface area is 196 Å². The molecule has 0 bridgehead atoms. The standard InChI is InChI=1S/C27H22N2O5/c1-32-19-11-9-18(10-12-19)28-24(30)16-34-27(31)25-21-6-2-3-7-23(21)29-26-17(8-13-22(25)26)15-20-5-4-14-33-20/h2-7,9-12,14-15H,8,13,16H2,1H3,(H,28,30). The predicted molar refractivity (Wildman–Crippen MR) is 129 cm³/mol. The molecule has 1 amide bonds. The molecule has 34 heavy (non-hydrogen) atoms. The summed E-state index contributed by atoms with van der Waals surface area (Å²) in [7, 11) is 1.57. The molecule has 0 saturated heterocycles. The van der Waals surface area contributed by atoms with E-state index in [0.29, 0.717) is 34.3 Å². The average Bonchev–Trinajstić information content (AvgIpc) is 3.52. The number of benzene rings is 2. The van der Waals surface area contributed by atoms with Crippen molar-refractivity contribution >= 4 is 40.1 Å². The lowest BCUT2D eigenvalue weighted by Gasteiger charge is -2.12. The van der Waals surface area contributed by atoms with Gasteiger partial charge in [-0.15, -0.1) is 0 Å². The minimum atomic E-state index is -0.543. The van der Waals surface area contributed by atoms with Crippen molar-refractivity contribution in [2.45, 2.75) is 12.8 Å². The highest BCUT2D eigenvalue weighted by molar-refractivity contribution is 6.07. The first-order valence-electron chi connectivity index (χ1n) is 10.9. The molecule has 2 aromatic heterocycles. The maximum Gasteiger partial charge on any atom is 0.339 e. The van der Waals surface area contributed by atoms with E-state index in [4.69, 9.17) is 18.9 Å². The van der Waals surface area contributed by atoms with Crippen LogP contribution >= 0.6 is 0 Å². The second-order valence-corrected chi connectivity index (χ2v) is 7.87. The van der Waals surface area contributed by atoms with Crippen LogP contribution in [0.15, 0.2) is 71.3 Å². The Bertz CT molecular complexity index is 1390. The van der Waals surface area contributed by atoms with Crippen LogP contribution in [-0.2, 0) is 16.0 Å². The molecule has 4 aromatic rings. The second kappa shape index (κ2) is 9.23. The Morgan fingerprint density at radius 3 is 2.65 bits per heavy atom. The Kier molecular flexibility index (Phi) is 5.82. The molecule has 0 spiro atoms. The number of para-hydroxylation sites is 1. The van der Waals surface area contributed by atoms with Gasteiger partial charge in [0, 0.05) is 11.1 Å². The maximum absolute atomic E-state index is 13.2. The van der Waals surface area contributed by atoms with Crippen LogP contribution in [0.5, 0.6) is 5.75 Å². The van der Waals surface area contributed by atoms with Crippen LogP contribution in [0, 0.1) is 0 Å². The molecule has 0 aliphatic heterocycles. The molecule has 0 atom stereocenters. The molecule has 0 radical (unpaired) electrons. The predicted octanol–water partition coefficient (Wildman–Crippen LogP) is 5.12. The van der Waals surface area contributed by atoms with Crippen molar-refractivity contribution in [3.8, 4) is 5.75 Å². The van der Waals surface area contributed by atoms with E-state index in [1.54, 1.807) is 37.6 Å². The minimum absolute atomic E-state index is 0.397. The van der Waals surface area contributed by atoms with Crippen molar-refractivity contribution in [1.29, 1.82) is 0 Å². The van der Waals surface area contributed by atoms with Gasteiger partial charge in [0.2, 0.25) is 0 Å². The van der Waals surface area contributed by atoms with Crippen LogP contribution in [0.1, 0.15) is 33.8 Å². The molecular formula is C27H22N2O5. The van der Waals surface area contributed by atoms with E-state index >= 15 is 0 Å². The summed E-state index contributed by atoms with van der Waals surface area (Å²) >= 11 is 0. The Hall–Kier alpha value is -4.39. The lowest BCUT2D eigenvalue weighted by molar-refractivity contribution is -0.119. The molecule has 0 unspecified atom stereocenters. The Balaban J connectivity index is 1.39. The van der Waals surface area contributed by atoms with Gasteiger partial charge in [-0.05, 0) is 72.5 Å². The smallest absolute Gasteiger partial charge is 0.339 e.